The number of sulfonamides is 1. The molecule has 0 atom stereocenters. The zero-order chi connectivity index (χ0) is 10.3. The summed E-state index contributed by atoms with van der Waals surface area (Å²) in [6.07, 6.45) is 0. The lowest BCUT2D eigenvalue weighted by Gasteiger charge is -2.02. The molecular formula is C10H11NO2S. The van der Waals surface area contributed by atoms with E-state index >= 15 is 0 Å². The molecule has 0 bridgehead atoms. The van der Waals surface area contributed by atoms with Crippen molar-refractivity contribution in [3.05, 3.63) is 35.9 Å². The monoisotopic (exact) mass is 209 g/mol. The fourth-order valence-corrected chi connectivity index (χ4v) is 2.74. The third kappa shape index (κ3) is 1.36. The van der Waals surface area contributed by atoms with Gasteiger partial charge in [0.25, 0.3) is 0 Å². The summed E-state index contributed by atoms with van der Waals surface area (Å²) in [4.78, 5) is 0.387. The van der Waals surface area contributed by atoms with E-state index in [1.54, 1.807) is 6.07 Å². The summed E-state index contributed by atoms with van der Waals surface area (Å²) in [5.41, 5.74) is 2.57. The predicted molar refractivity (Wildman–Crippen MR) is 55.2 cm³/mol. The maximum Gasteiger partial charge on any atom is 0.241 e. The van der Waals surface area contributed by atoms with Gasteiger partial charge in [0.15, 0.2) is 0 Å². The van der Waals surface area contributed by atoms with Crippen LogP contribution in [0.15, 0.2) is 29.7 Å². The molecule has 0 fully saturated rings. The Bertz CT molecular complexity index is 503. The molecule has 1 aliphatic heterocycles. The molecular weight excluding hydrogens is 198 g/mol. The van der Waals surface area contributed by atoms with E-state index in [0.29, 0.717) is 11.4 Å². The Hall–Kier alpha value is -1.13. The van der Waals surface area contributed by atoms with E-state index in [2.05, 4.69) is 11.3 Å². The molecule has 74 valence electrons. The summed E-state index contributed by atoms with van der Waals surface area (Å²) >= 11 is 0. The molecule has 3 nitrogen and oxygen atoms in total. The Morgan fingerprint density at radius 2 is 2.21 bits per heavy atom. The Labute approximate surface area is 83.5 Å². The molecule has 1 aromatic carbocycles. The van der Waals surface area contributed by atoms with Crippen molar-refractivity contribution in [1.82, 2.24) is 4.72 Å². The molecule has 0 saturated carbocycles. The van der Waals surface area contributed by atoms with Crippen molar-refractivity contribution >= 4 is 15.6 Å². The third-order valence-electron chi connectivity index (χ3n) is 2.30. The lowest BCUT2D eigenvalue weighted by atomic mass is 10.1. The standard InChI is InChI=1S/C10H11NO2S/c1-7(2)8-3-4-9-6-11-14(12,13)10(9)5-8/h3-5,11H,1,6H2,2H3. The van der Waals surface area contributed by atoms with Crippen LogP contribution in [0.3, 0.4) is 0 Å². The second-order valence-electron chi connectivity index (χ2n) is 3.43. The van der Waals surface area contributed by atoms with Gasteiger partial charge in [-0.25, -0.2) is 13.1 Å². The summed E-state index contributed by atoms with van der Waals surface area (Å²) in [7, 11) is -3.25. The van der Waals surface area contributed by atoms with Crippen LogP contribution < -0.4 is 4.72 Å². The number of benzene rings is 1. The fraction of sp³-hybridized carbons (Fsp3) is 0.200. The van der Waals surface area contributed by atoms with E-state index in [4.69, 9.17) is 0 Å². The first-order chi connectivity index (χ1) is 6.50. The van der Waals surface area contributed by atoms with E-state index in [1.165, 1.54) is 0 Å². The summed E-state index contributed by atoms with van der Waals surface area (Å²) in [6.45, 7) is 6.04. The second-order valence-corrected chi connectivity index (χ2v) is 5.16. The molecule has 0 aromatic heterocycles. The van der Waals surface area contributed by atoms with E-state index in [1.807, 2.05) is 19.1 Å². The first-order valence-electron chi connectivity index (χ1n) is 4.29. The number of rotatable bonds is 1. The van der Waals surface area contributed by atoms with Crippen molar-refractivity contribution in [1.29, 1.82) is 0 Å². The molecule has 0 amide bonds. The Kier molecular flexibility index (Phi) is 1.97. The number of hydrogen-bond acceptors (Lipinski definition) is 2. The van der Waals surface area contributed by atoms with Crippen molar-refractivity contribution in [3.63, 3.8) is 0 Å². The molecule has 0 radical (unpaired) electrons. The van der Waals surface area contributed by atoms with Crippen LogP contribution in [0.1, 0.15) is 18.1 Å². The smallest absolute Gasteiger partial charge is 0.207 e. The normalized spacial score (nSPS) is 17.8. The molecule has 0 unspecified atom stereocenters. The van der Waals surface area contributed by atoms with Crippen LogP contribution in [0.5, 0.6) is 0 Å². The van der Waals surface area contributed by atoms with Crippen LogP contribution in [0.25, 0.3) is 5.57 Å². The molecule has 1 aliphatic rings. The van der Waals surface area contributed by atoms with Crippen molar-refractivity contribution in [2.45, 2.75) is 18.4 Å². The average Bonchev–Trinajstić information content (AvgIpc) is 2.42. The highest BCUT2D eigenvalue weighted by Crippen LogP contribution is 2.25. The number of fused-ring (bicyclic) bond motifs is 1. The average molecular weight is 209 g/mol. The van der Waals surface area contributed by atoms with Crippen molar-refractivity contribution in [2.75, 3.05) is 0 Å². The Morgan fingerprint density at radius 1 is 1.50 bits per heavy atom. The lowest BCUT2D eigenvalue weighted by molar-refractivity contribution is 0.589. The SMILES string of the molecule is C=C(C)c1ccc2c(c1)S(=O)(=O)NC2. The largest absolute Gasteiger partial charge is 0.241 e. The highest BCUT2D eigenvalue weighted by atomic mass is 32.2. The highest BCUT2D eigenvalue weighted by molar-refractivity contribution is 7.89. The van der Waals surface area contributed by atoms with Gasteiger partial charge in [-0.1, -0.05) is 24.3 Å². The van der Waals surface area contributed by atoms with Crippen molar-refractivity contribution in [3.8, 4) is 0 Å². The molecule has 0 saturated heterocycles. The van der Waals surface area contributed by atoms with Gasteiger partial charge in [-0.3, -0.25) is 0 Å². The van der Waals surface area contributed by atoms with Gasteiger partial charge in [-0.05, 0) is 24.1 Å². The number of allylic oxidation sites excluding steroid dienone is 1. The molecule has 1 aromatic rings. The maximum absolute atomic E-state index is 11.5. The topological polar surface area (TPSA) is 46.2 Å². The van der Waals surface area contributed by atoms with Gasteiger partial charge in [0.2, 0.25) is 10.0 Å². The summed E-state index contributed by atoms with van der Waals surface area (Å²) < 4.78 is 25.4. The van der Waals surface area contributed by atoms with Crippen LogP contribution in [-0.2, 0) is 16.6 Å². The zero-order valence-electron chi connectivity index (χ0n) is 7.87. The molecule has 0 spiro atoms. The van der Waals surface area contributed by atoms with E-state index < -0.39 is 10.0 Å². The van der Waals surface area contributed by atoms with Gasteiger partial charge >= 0.3 is 0 Å². The summed E-state index contributed by atoms with van der Waals surface area (Å²) in [5.74, 6) is 0. The zero-order valence-corrected chi connectivity index (χ0v) is 8.69. The number of nitrogens with one attached hydrogen (secondary N) is 1. The van der Waals surface area contributed by atoms with E-state index in [0.717, 1.165) is 16.7 Å². The van der Waals surface area contributed by atoms with Crippen LogP contribution in [0, 0.1) is 0 Å². The maximum atomic E-state index is 11.5. The van der Waals surface area contributed by atoms with Crippen LogP contribution >= 0.6 is 0 Å². The van der Waals surface area contributed by atoms with Crippen molar-refractivity contribution in [2.24, 2.45) is 0 Å². The van der Waals surface area contributed by atoms with Crippen LogP contribution in [0.2, 0.25) is 0 Å². The van der Waals surface area contributed by atoms with Gasteiger partial charge in [-0.15, -0.1) is 0 Å². The first kappa shape index (κ1) is 9.43. The van der Waals surface area contributed by atoms with Crippen molar-refractivity contribution < 1.29 is 8.42 Å². The van der Waals surface area contributed by atoms with Gasteiger partial charge in [0.1, 0.15) is 0 Å². The van der Waals surface area contributed by atoms with Gasteiger partial charge in [0, 0.05) is 6.54 Å². The van der Waals surface area contributed by atoms with E-state index in [9.17, 15) is 8.42 Å². The predicted octanol–water partition coefficient (Wildman–Crippen LogP) is 1.51. The molecule has 14 heavy (non-hydrogen) atoms. The first-order valence-corrected chi connectivity index (χ1v) is 5.77. The summed E-state index contributed by atoms with van der Waals surface area (Å²) in [5, 5.41) is 0. The van der Waals surface area contributed by atoms with Gasteiger partial charge in [-0.2, -0.15) is 0 Å². The minimum Gasteiger partial charge on any atom is -0.207 e. The Morgan fingerprint density at radius 3 is 2.86 bits per heavy atom. The minimum atomic E-state index is -3.25. The van der Waals surface area contributed by atoms with Gasteiger partial charge < -0.3 is 0 Å². The quantitative estimate of drug-likeness (QED) is 0.762. The fourth-order valence-electron chi connectivity index (χ4n) is 1.47. The highest BCUT2D eigenvalue weighted by Gasteiger charge is 2.25. The Balaban J connectivity index is 2.65. The molecule has 2 rings (SSSR count). The molecule has 0 aliphatic carbocycles. The van der Waals surface area contributed by atoms with E-state index in [-0.39, 0.29) is 0 Å². The van der Waals surface area contributed by atoms with Crippen LogP contribution in [-0.4, -0.2) is 8.42 Å². The second kappa shape index (κ2) is 2.93. The lowest BCUT2D eigenvalue weighted by Crippen LogP contribution is -2.13. The number of hydrogen-bond donors (Lipinski definition) is 1. The van der Waals surface area contributed by atoms with Crippen LogP contribution in [0.4, 0.5) is 0 Å². The minimum absolute atomic E-state index is 0.387. The van der Waals surface area contributed by atoms with Gasteiger partial charge in [0.05, 0.1) is 4.90 Å². The third-order valence-corrected chi connectivity index (χ3v) is 3.79. The summed E-state index contributed by atoms with van der Waals surface area (Å²) in [6, 6.07) is 5.40. The molecule has 1 N–H and O–H groups in total. The molecule has 1 heterocycles. The molecule has 4 heteroatoms.